The highest BCUT2D eigenvalue weighted by Gasteiger charge is 2.23. The number of rotatable bonds is 5. The molecule has 0 aliphatic carbocycles. The maximum Gasteiger partial charge on any atom is 0.227 e. The first kappa shape index (κ1) is 22.2. The fraction of sp³-hybridized carbons (Fsp3) is 0.480. The molecule has 2 heterocycles. The molecule has 0 radical (unpaired) electrons. The largest absolute Gasteiger partial charge is 0.378 e. The lowest BCUT2D eigenvalue weighted by atomic mass is 9.90. The minimum absolute atomic E-state index is 0.242. The Hall–Kier alpha value is -2.02. The normalized spacial score (nSPS) is 19.3. The maximum absolute atomic E-state index is 12.8. The minimum atomic E-state index is 0.242. The molecule has 1 amide bonds. The van der Waals surface area contributed by atoms with Gasteiger partial charge in [-0.25, -0.2) is 8.61 Å². The van der Waals surface area contributed by atoms with Gasteiger partial charge in [-0.15, -0.1) is 0 Å². The second-order valence-corrected chi connectivity index (χ2v) is 10.4. The summed E-state index contributed by atoms with van der Waals surface area (Å²) in [7, 11) is 4.11. The van der Waals surface area contributed by atoms with Crippen LogP contribution >= 0.6 is 12.1 Å². The number of nitrogens with zero attached hydrogens (tertiary/aromatic N) is 3. The Morgan fingerprint density at radius 3 is 2.45 bits per heavy atom. The van der Waals surface area contributed by atoms with E-state index in [9.17, 15) is 4.79 Å². The molecule has 1 atom stereocenters. The number of hydrogen-bond acceptors (Lipinski definition) is 5. The Bertz CT molecular complexity index is 917. The summed E-state index contributed by atoms with van der Waals surface area (Å²) in [5.74, 6) is 0.242. The zero-order valence-electron chi connectivity index (χ0n) is 19.1. The van der Waals surface area contributed by atoms with E-state index in [-0.39, 0.29) is 5.91 Å². The van der Waals surface area contributed by atoms with Crippen molar-refractivity contribution in [3.63, 3.8) is 0 Å². The maximum atomic E-state index is 12.8. The molecule has 0 saturated carbocycles. The summed E-state index contributed by atoms with van der Waals surface area (Å²) in [6.45, 7) is 7.79. The molecule has 6 heteroatoms. The lowest BCUT2D eigenvalue weighted by Crippen LogP contribution is -2.47. The van der Waals surface area contributed by atoms with E-state index in [0.717, 1.165) is 44.6 Å². The Balaban J connectivity index is 1.36. The van der Waals surface area contributed by atoms with Crippen molar-refractivity contribution in [2.24, 2.45) is 0 Å². The van der Waals surface area contributed by atoms with Crippen LogP contribution in [-0.4, -0.2) is 59.7 Å². The third-order valence-corrected chi connectivity index (χ3v) is 7.00. The quantitative estimate of drug-likeness (QED) is 0.708. The van der Waals surface area contributed by atoms with Crippen molar-refractivity contribution in [2.75, 3.05) is 45.6 Å². The van der Waals surface area contributed by atoms with Gasteiger partial charge in [-0.2, -0.15) is 0 Å². The lowest BCUT2D eigenvalue weighted by molar-refractivity contribution is -0.131. The number of anilines is 1. The lowest BCUT2D eigenvalue weighted by Gasteiger charge is -2.35. The second-order valence-electron chi connectivity index (χ2n) is 9.03. The van der Waals surface area contributed by atoms with Crippen LogP contribution in [0, 0.1) is 13.8 Å². The zero-order valence-corrected chi connectivity index (χ0v) is 20.0. The molecule has 0 bridgehead atoms. The molecule has 2 aliphatic rings. The van der Waals surface area contributed by atoms with Crippen LogP contribution < -0.4 is 5.32 Å². The molecule has 2 aromatic rings. The van der Waals surface area contributed by atoms with E-state index in [0.29, 0.717) is 12.5 Å². The van der Waals surface area contributed by atoms with Crippen LogP contribution in [0.3, 0.4) is 0 Å². The molecule has 1 N–H and O–H groups in total. The topological polar surface area (TPSA) is 38.8 Å². The standard InChI is InChI=1S/C25H34N4OS/c1-18-13-19(2)15-22(14-18)24-8-6-21-16-20(5-7-23(21)26-24)17-25(30)28-9-11-29(12-10-28)31-27(3)4/h5,7,13-16,24,26H,6,8-12,17H2,1-4H3/t24-/m0/s1. The molecule has 0 spiro atoms. The fourth-order valence-electron chi connectivity index (χ4n) is 4.66. The van der Waals surface area contributed by atoms with Gasteiger partial charge >= 0.3 is 0 Å². The fourth-order valence-corrected chi connectivity index (χ4v) is 5.45. The van der Waals surface area contributed by atoms with Gasteiger partial charge in [0, 0.05) is 44.0 Å². The summed E-state index contributed by atoms with van der Waals surface area (Å²) in [4.78, 5) is 14.9. The third kappa shape index (κ3) is 5.62. The molecule has 0 aromatic heterocycles. The van der Waals surface area contributed by atoms with Gasteiger partial charge in [0.2, 0.25) is 5.91 Å². The number of fused-ring (bicyclic) bond motifs is 1. The first-order valence-corrected chi connectivity index (χ1v) is 11.9. The van der Waals surface area contributed by atoms with Crippen molar-refractivity contribution < 1.29 is 4.79 Å². The summed E-state index contributed by atoms with van der Waals surface area (Å²) in [6, 6.07) is 13.7. The van der Waals surface area contributed by atoms with E-state index in [1.165, 1.54) is 27.9 Å². The number of hydrogen-bond donors (Lipinski definition) is 1. The Morgan fingerprint density at radius 2 is 1.77 bits per heavy atom. The monoisotopic (exact) mass is 438 g/mol. The van der Waals surface area contributed by atoms with Gasteiger partial charge < -0.3 is 10.2 Å². The van der Waals surface area contributed by atoms with Gasteiger partial charge in [-0.05, 0) is 63.5 Å². The number of benzene rings is 2. The van der Waals surface area contributed by atoms with Crippen molar-refractivity contribution in [1.29, 1.82) is 0 Å². The first-order valence-electron chi connectivity index (χ1n) is 11.2. The van der Waals surface area contributed by atoms with Crippen LogP contribution in [0.4, 0.5) is 5.69 Å². The highest BCUT2D eigenvalue weighted by Crippen LogP contribution is 2.34. The number of aryl methyl sites for hydroxylation is 3. The number of carbonyl (C=O) groups excluding carboxylic acids is 1. The average molecular weight is 439 g/mol. The highest BCUT2D eigenvalue weighted by atomic mass is 32.2. The summed E-state index contributed by atoms with van der Waals surface area (Å²) < 4.78 is 4.42. The second kappa shape index (κ2) is 9.63. The van der Waals surface area contributed by atoms with Crippen LogP contribution in [0.15, 0.2) is 36.4 Å². The van der Waals surface area contributed by atoms with E-state index < -0.39 is 0 Å². The molecule has 31 heavy (non-hydrogen) atoms. The first-order chi connectivity index (χ1) is 14.9. The third-order valence-electron chi connectivity index (χ3n) is 6.07. The zero-order chi connectivity index (χ0) is 22.0. The SMILES string of the molecule is Cc1cc(C)cc([C@@H]2CCc3cc(CC(=O)N4CCN(SN(C)C)CC4)ccc3N2)c1. The van der Waals surface area contributed by atoms with Crippen molar-refractivity contribution in [3.05, 3.63) is 64.2 Å². The molecule has 5 nitrogen and oxygen atoms in total. The predicted octanol–water partition coefficient (Wildman–Crippen LogP) is 4.21. The summed E-state index contributed by atoms with van der Waals surface area (Å²) in [5, 5.41) is 3.72. The van der Waals surface area contributed by atoms with Gasteiger partial charge in [0.1, 0.15) is 0 Å². The van der Waals surface area contributed by atoms with Crippen LogP contribution in [0.2, 0.25) is 0 Å². The van der Waals surface area contributed by atoms with Crippen LogP contribution in [-0.2, 0) is 17.6 Å². The van der Waals surface area contributed by atoms with Crippen molar-refractivity contribution in [2.45, 2.75) is 39.2 Å². The van der Waals surface area contributed by atoms with Gasteiger partial charge in [-0.3, -0.25) is 4.79 Å². The van der Waals surface area contributed by atoms with Gasteiger partial charge in [0.15, 0.2) is 0 Å². The van der Waals surface area contributed by atoms with E-state index in [2.05, 4.69) is 78.3 Å². The smallest absolute Gasteiger partial charge is 0.227 e. The Labute approximate surface area is 191 Å². The van der Waals surface area contributed by atoms with E-state index >= 15 is 0 Å². The molecule has 0 unspecified atom stereocenters. The van der Waals surface area contributed by atoms with Gasteiger partial charge in [0.25, 0.3) is 0 Å². The van der Waals surface area contributed by atoms with Gasteiger partial charge in [0.05, 0.1) is 12.5 Å². The number of carbonyl (C=O) groups is 1. The van der Waals surface area contributed by atoms with Gasteiger partial charge in [-0.1, -0.05) is 41.5 Å². The van der Waals surface area contributed by atoms with Crippen LogP contribution in [0.1, 0.15) is 40.3 Å². The van der Waals surface area contributed by atoms with Crippen molar-refractivity contribution in [1.82, 2.24) is 13.5 Å². The van der Waals surface area contributed by atoms with E-state index in [1.54, 1.807) is 12.1 Å². The number of piperazine rings is 1. The molecule has 2 aliphatic heterocycles. The van der Waals surface area contributed by atoms with E-state index in [4.69, 9.17) is 0 Å². The average Bonchev–Trinajstić information content (AvgIpc) is 2.72. The molecular formula is C25H34N4OS. The molecule has 2 aromatic carbocycles. The molecule has 1 fully saturated rings. The van der Waals surface area contributed by atoms with E-state index in [1.807, 2.05) is 4.90 Å². The van der Waals surface area contributed by atoms with Crippen LogP contribution in [0.5, 0.6) is 0 Å². The molecule has 166 valence electrons. The number of amides is 1. The predicted molar refractivity (Wildman–Crippen MR) is 130 cm³/mol. The Morgan fingerprint density at radius 1 is 1.06 bits per heavy atom. The van der Waals surface area contributed by atoms with Crippen molar-refractivity contribution >= 4 is 23.7 Å². The minimum Gasteiger partial charge on any atom is -0.378 e. The molecular weight excluding hydrogens is 404 g/mol. The molecule has 1 saturated heterocycles. The van der Waals surface area contributed by atoms with Crippen molar-refractivity contribution in [3.8, 4) is 0 Å². The summed E-state index contributed by atoms with van der Waals surface area (Å²) in [5.41, 5.74) is 7.67. The summed E-state index contributed by atoms with van der Waals surface area (Å²) in [6.07, 6.45) is 2.62. The van der Waals surface area contributed by atoms with Crippen LogP contribution in [0.25, 0.3) is 0 Å². The Kier molecular flexibility index (Phi) is 6.89. The highest BCUT2D eigenvalue weighted by molar-refractivity contribution is 7.94. The summed E-state index contributed by atoms with van der Waals surface area (Å²) >= 11 is 1.73. The number of nitrogens with one attached hydrogen (secondary N) is 1. The molecule has 4 rings (SSSR count).